The minimum Gasteiger partial charge on any atom is -0.439 e. The standard InChI is InChI=1S/C16H16N4O2/c1-2-11-7-14(5-3-12(11)8-17)22-16-6-4-13(10-19-16)20-15(21)9-18/h3-7,10H,2,9,18H2,1H3,(H,20,21). The summed E-state index contributed by atoms with van der Waals surface area (Å²) in [7, 11) is 0. The average molecular weight is 296 g/mol. The zero-order valence-electron chi connectivity index (χ0n) is 12.2. The molecule has 0 aliphatic carbocycles. The number of carbonyl (C=O) groups excluding carboxylic acids is 1. The van der Waals surface area contributed by atoms with E-state index in [4.69, 9.17) is 15.7 Å². The summed E-state index contributed by atoms with van der Waals surface area (Å²) in [6, 6.07) is 10.8. The molecule has 6 nitrogen and oxygen atoms in total. The summed E-state index contributed by atoms with van der Waals surface area (Å²) in [4.78, 5) is 15.3. The number of carbonyl (C=O) groups is 1. The first-order valence-electron chi connectivity index (χ1n) is 6.83. The number of hydrogen-bond acceptors (Lipinski definition) is 5. The molecule has 112 valence electrons. The van der Waals surface area contributed by atoms with Crippen LogP contribution in [0.5, 0.6) is 11.6 Å². The molecule has 0 aliphatic rings. The van der Waals surface area contributed by atoms with Crippen molar-refractivity contribution in [1.82, 2.24) is 4.98 Å². The number of rotatable bonds is 5. The van der Waals surface area contributed by atoms with Crippen LogP contribution in [-0.2, 0) is 11.2 Å². The lowest BCUT2D eigenvalue weighted by Crippen LogP contribution is -2.21. The van der Waals surface area contributed by atoms with E-state index in [1.807, 2.05) is 13.0 Å². The number of nitrogens with two attached hydrogens (primary N) is 1. The first kappa shape index (κ1) is 15.5. The van der Waals surface area contributed by atoms with Gasteiger partial charge in [0, 0.05) is 6.07 Å². The van der Waals surface area contributed by atoms with Crippen molar-refractivity contribution in [2.75, 3.05) is 11.9 Å². The summed E-state index contributed by atoms with van der Waals surface area (Å²) < 4.78 is 5.65. The molecule has 2 rings (SSSR count). The van der Waals surface area contributed by atoms with E-state index in [1.54, 1.807) is 24.3 Å². The largest absolute Gasteiger partial charge is 0.439 e. The van der Waals surface area contributed by atoms with Gasteiger partial charge in [0.15, 0.2) is 0 Å². The molecule has 1 heterocycles. The fourth-order valence-corrected chi connectivity index (χ4v) is 1.88. The van der Waals surface area contributed by atoms with Gasteiger partial charge < -0.3 is 15.8 Å². The molecule has 22 heavy (non-hydrogen) atoms. The van der Waals surface area contributed by atoms with E-state index in [0.717, 1.165) is 12.0 Å². The van der Waals surface area contributed by atoms with Crippen LogP contribution in [0, 0.1) is 11.3 Å². The Labute approximate surface area is 128 Å². The average Bonchev–Trinajstić information content (AvgIpc) is 2.56. The minimum atomic E-state index is -0.282. The van der Waals surface area contributed by atoms with Crippen molar-refractivity contribution in [2.24, 2.45) is 5.73 Å². The highest BCUT2D eigenvalue weighted by Gasteiger charge is 2.05. The number of aryl methyl sites for hydroxylation is 1. The van der Waals surface area contributed by atoms with Gasteiger partial charge in [-0.1, -0.05) is 6.92 Å². The lowest BCUT2D eigenvalue weighted by atomic mass is 10.1. The smallest absolute Gasteiger partial charge is 0.238 e. The SMILES string of the molecule is CCc1cc(Oc2ccc(NC(=O)CN)cn2)ccc1C#N. The monoisotopic (exact) mass is 296 g/mol. The molecular formula is C16H16N4O2. The first-order chi connectivity index (χ1) is 10.7. The molecule has 0 radical (unpaired) electrons. The van der Waals surface area contributed by atoms with Gasteiger partial charge in [-0.3, -0.25) is 4.79 Å². The van der Waals surface area contributed by atoms with Gasteiger partial charge in [-0.05, 0) is 36.2 Å². The normalized spacial score (nSPS) is 9.86. The molecule has 3 N–H and O–H groups in total. The second-order valence-electron chi connectivity index (χ2n) is 4.52. The Morgan fingerprint density at radius 3 is 2.82 bits per heavy atom. The molecule has 0 saturated heterocycles. The summed E-state index contributed by atoms with van der Waals surface area (Å²) in [6.45, 7) is 1.90. The highest BCUT2D eigenvalue weighted by Crippen LogP contribution is 2.23. The third-order valence-electron chi connectivity index (χ3n) is 3.01. The molecule has 0 saturated carbocycles. The molecule has 0 bridgehead atoms. The predicted molar refractivity (Wildman–Crippen MR) is 82.5 cm³/mol. The molecule has 6 heteroatoms. The quantitative estimate of drug-likeness (QED) is 0.880. The number of nitriles is 1. The van der Waals surface area contributed by atoms with E-state index in [1.165, 1.54) is 6.20 Å². The van der Waals surface area contributed by atoms with E-state index in [2.05, 4.69) is 16.4 Å². The zero-order valence-corrected chi connectivity index (χ0v) is 12.2. The minimum absolute atomic E-state index is 0.0801. The zero-order chi connectivity index (χ0) is 15.9. The van der Waals surface area contributed by atoms with Crippen molar-refractivity contribution in [3.63, 3.8) is 0 Å². The lowest BCUT2D eigenvalue weighted by Gasteiger charge is -2.08. The maximum absolute atomic E-state index is 11.2. The summed E-state index contributed by atoms with van der Waals surface area (Å²) >= 11 is 0. The van der Waals surface area contributed by atoms with E-state index in [-0.39, 0.29) is 12.5 Å². The number of aromatic nitrogens is 1. The van der Waals surface area contributed by atoms with Gasteiger partial charge >= 0.3 is 0 Å². The number of anilines is 1. The summed E-state index contributed by atoms with van der Waals surface area (Å²) in [5, 5.41) is 11.6. The molecular weight excluding hydrogens is 280 g/mol. The lowest BCUT2D eigenvalue weighted by molar-refractivity contribution is -0.114. The maximum atomic E-state index is 11.2. The van der Waals surface area contributed by atoms with Crippen LogP contribution < -0.4 is 15.8 Å². The Bertz CT molecular complexity index is 705. The highest BCUT2D eigenvalue weighted by molar-refractivity contribution is 5.91. The molecule has 0 fully saturated rings. The van der Waals surface area contributed by atoms with Gasteiger partial charge in [0.05, 0.1) is 30.1 Å². The Morgan fingerprint density at radius 2 is 2.23 bits per heavy atom. The number of ether oxygens (including phenoxy) is 1. The molecule has 2 aromatic rings. The van der Waals surface area contributed by atoms with Crippen LogP contribution in [0.3, 0.4) is 0 Å². The van der Waals surface area contributed by atoms with Crippen molar-refractivity contribution in [1.29, 1.82) is 5.26 Å². The fourth-order valence-electron chi connectivity index (χ4n) is 1.88. The van der Waals surface area contributed by atoms with Gasteiger partial charge in [0.1, 0.15) is 5.75 Å². The predicted octanol–water partition coefficient (Wildman–Crippen LogP) is 2.21. The van der Waals surface area contributed by atoms with Crippen LogP contribution in [0.2, 0.25) is 0 Å². The first-order valence-corrected chi connectivity index (χ1v) is 6.83. The van der Waals surface area contributed by atoms with Crippen molar-refractivity contribution >= 4 is 11.6 Å². The van der Waals surface area contributed by atoms with Crippen molar-refractivity contribution in [3.05, 3.63) is 47.7 Å². The number of amides is 1. The Balaban J connectivity index is 2.11. The van der Waals surface area contributed by atoms with Gasteiger partial charge in [-0.2, -0.15) is 5.26 Å². The van der Waals surface area contributed by atoms with Crippen LogP contribution in [0.4, 0.5) is 5.69 Å². The van der Waals surface area contributed by atoms with Crippen LogP contribution in [0.25, 0.3) is 0 Å². The van der Waals surface area contributed by atoms with E-state index in [9.17, 15) is 4.79 Å². The van der Waals surface area contributed by atoms with Crippen molar-refractivity contribution in [3.8, 4) is 17.7 Å². The fraction of sp³-hybridized carbons (Fsp3) is 0.188. The van der Waals surface area contributed by atoms with Gasteiger partial charge in [0.25, 0.3) is 0 Å². The van der Waals surface area contributed by atoms with Crippen molar-refractivity contribution in [2.45, 2.75) is 13.3 Å². The molecule has 1 aromatic carbocycles. The molecule has 1 aromatic heterocycles. The Hall–Kier alpha value is -2.91. The second-order valence-corrected chi connectivity index (χ2v) is 4.52. The highest BCUT2D eigenvalue weighted by atomic mass is 16.5. The molecule has 0 unspecified atom stereocenters. The van der Waals surface area contributed by atoms with E-state index in [0.29, 0.717) is 22.9 Å². The third kappa shape index (κ3) is 3.81. The summed E-state index contributed by atoms with van der Waals surface area (Å²) in [5.74, 6) is 0.731. The number of nitrogens with one attached hydrogen (secondary N) is 1. The van der Waals surface area contributed by atoms with Gasteiger partial charge in [-0.25, -0.2) is 4.98 Å². The summed E-state index contributed by atoms with van der Waals surface area (Å²) in [6.07, 6.45) is 2.24. The second kappa shape index (κ2) is 7.20. The Morgan fingerprint density at radius 1 is 1.41 bits per heavy atom. The number of nitrogens with zero attached hydrogens (tertiary/aromatic N) is 2. The molecule has 0 aliphatic heterocycles. The van der Waals surface area contributed by atoms with E-state index < -0.39 is 0 Å². The van der Waals surface area contributed by atoms with Gasteiger partial charge in [-0.15, -0.1) is 0 Å². The molecule has 1 amide bonds. The Kier molecular flexibility index (Phi) is 5.07. The maximum Gasteiger partial charge on any atom is 0.238 e. The van der Waals surface area contributed by atoms with Crippen LogP contribution in [0.15, 0.2) is 36.5 Å². The van der Waals surface area contributed by atoms with Crippen LogP contribution >= 0.6 is 0 Å². The van der Waals surface area contributed by atoms with Crippen molar-refractivity contribution < 1.29 is 9.53 Å². The number of pyridine rings is 1. The molecule has 0 spiro atoms. The van der Waals surface area contributed by atoms with Gasteiger partial charge in [0.2, 0.25) is 11.8 Å². The number of benzene rings is 1. The van der Waals surface area contributed by atoms with E-state index >= 15 is 0 Å². The van der Waals surface area contributed by atoms with Crippen LogP contribution in [-0.4, -0.2) is 17.4 Å². The topological polar surface area (TPSA) is 101 Å². The molecule has 0 atom stereocenters. The number of hydrogen-bond donors (Lipinski definition) is 2. The summed E-state index contributed by atoms with van der Waals surface area (Å²) in [5.41, 5.74) is 7.34. The third-order valence-corrected chi connectivity index (χ3v) is 3.01. The van der Waals surface area contributed by atoms with Crippen LogP contribution in [0.1, 0.15) is 18.1 Å².